The van der Waals surface area contributed by atoms with Gasteiger partial charge in [-0.15, -0.1) is 0 Å². The van der Waals surface area contributed by atoms with Crippen LogP contribution >= 0.6 is 11.6 Å². The van der Waals surface area contributed by atoms with Crippen LogP contribution in [0.1, 0.15) is 30.7 Å². The van der Waals surface area contributed by atoms with Gasteiger partial charge >= 0.3 is 0 Å². The number of hydrogen-bond acceptors (Lipinski definition) is 3. The van der Waals surface area contributed by atoms with E-state index in [4.69, 9.17) is 16.3 Å². The second-order valence-corrected chi connectivity index (χ2v) is 7.88. The molecule has 2 aromatic carbocycles. The van der Waals surface area contributed by atoms with Gasteiger partial charge in [-0.3, -0.25) is 4.90 Å². The van der Waals surface area contributed by atoms with E-state index in [-0.39, 0.29) is 0 Å². The van der Waals surface area contributed by atoms with Crippen LogP contribution in [0.3, 0.4) is 0 Å². The van der Waals surface area contributed by atoms with Crippen molar-refractivity contribution in [1.29, 1.82) is 0 Å². The van der Waals surface area contributed by atoms with Crippen molar-refractivity contribution in [2.45, 2.75) is 37.3 Å². The van der Waals surface area contributed by atoms with Crippen LogP contribution in [0.5, 0.6) is 5.75 Å². The molecule has 0 bridgehead atoms. The third kappa shape index (κ3) is 4.79. The van der Waals surface area contributed by atoms with Gasteiger partial charge in [0.25, 0.3) is 0 Å². The summed E-state index contributed by atoms with van der Waals surface area (Å²) in [7, 11) is 0. The number of hydrogen-bond donors (Lipinski definition) is 1. The summed E-state index contributed by atoms with van der Waals surface area (Å²) in [6, 6.07) is 19.9. The first-order valence-electron chi connectivity index (χ1n) is 9.69. The van der Waals surface area contributed by atoms with Gasteiger partial charge < -0.3 is 10.1 Å². The largest absolute Gasteiger partial charge is 0.492 e. The van der Waals surface area contributed by atoms with E-state index in [1.807, 2.05) is 24.3 Å². The lowest BCUT2D eigenvalue weighted by molar-refractivity contribution is 0.164. The first-order chi connectivity index (χ1) is 12.8. The van der Waals surface area contributed by atoms with Gasteiger partial charge in [0, 0.05) is 29.6 Å². The van der Waals surface area contributed by atoms with E-state index < -0.39 is 0 Å². The molecule has 1 heterocycles. The minimum Gasteiger partial charge on any atom is -0.492 e. The van der Waals surface area contributed by atoms with E-state index in [1.54, 1.807) is 0 Å². The summed E-state index contributed by atoms with van der Waals surface area (Å²) in [5, 5.41) is 4.63. The molecule has 4 heteroatoms. The minimum atomic E-state index is 0.669. The molecule has 1 saturated carbocycles. The molecule has 138 valence electrons. The zero-order valence-electron chi connectivity index (χ0n) is 15.1. The molecule has 1 aliphatic heterocycles. The summed E-state index contributed by atoms with van der Waals surface area (Å²) < 4.78 is 5.81. The number of likely N-dealkylation sites (tertiary alicyclic amines) is 1. The van der Waals surface area contributed by atoms with Crippen LogP contribution in [0, 0.1) is 0 Å². The fraction of sp³-hybridized carbons (Fsp3) is 0.455. The van der Waals surface area contributed by atoms with Crippen LogP contribution in [-0.2, 0) is 0 Å². The average Bonchev–Trinajstić information content (AvgIpc) is 3.45. The first kappa shape index (κ1) is 17.8. The molecule has 2 aliphatic rings. The number of rotatable bonds is 7. The fourth-order valence-electron chi connectivity index (χ4n) is 3.90. The maximum Gasteiger partial charge on any atom is 0.119 e. The van der Waals surface area contributed by atoms with Gasteiger partial charge in [-0.1, -0.05) is 41.9 Å². The van der Waals surface area contributed by atoms with Crippen molar-refractivity contribution in [3.8, 4) is 5.75 Å². The van der Waals surface area contributed by atoms with Gasteiger partial charge in [-0.2, -0.15) is 0 Å². The topological polar surface area (TPSA) is 24.5 Å². The maximum absolute atomic E-state index is 5.90. The SMILES string of the molecule is Clc1ccc(OCCN2CCC(N[C@@H]3C[C@H]3c3ccccc3)CC2)cc1. The van der Waals surface area contributed by atoms with E-state index >= 15 is 0 Å². The Hall–Kier alpha value is -1.55. The molecule has 1 aliphatic carbocycles. The lowest BCUT2D eigenvalue weighted by atomic mass is 10.0. The summed E-state index contributed by atoms with van der Waals surface area (Å²) in [4.78, 5) is 2.51. The summed E-state index contributed by atoms with van der Waals surface area (Å²) in [5.74, 6) is 1.62. The second kappa shape index (κ2) is 8.43. The van der Waals surface area contributed by atoms with Crippen molar-refractivity contribution in [3.63, 3.8) is 0 Å². The van der Waals surface area contributed by atoms with Crippen LogP contribution in [0.25, 0.3) is 0 Å². The normalized spacial score (nSPS) is 23.7. The summed E-state index contributed by atoms with van der Waals surface area (Å²) in [6.45, 7) is 4.04. The van der Waals surface area contributed by atoms with Gasteiger partial charge in [0.05, 0.1) is 0 Å². The second-order valence-electron chi connectivity index (χ2n) is 7.44. The van der Waals surface area contributed by atoms with Crippen molar-refractivity contribution in [3.05, 3.63) is 65.2 Å². The van der Waals surface area contributed by atoms with E-state index in [0.29, 0.717) is 12.1 Å². The van der Waals surface area contributed by atoms with Gasteiger partial charge in [0.2, 0.25) is 0 Å². The van der Waals surface area contributed by atoms with E-state index in [2.05, 4.69) is 40.5 Å². The van der Waals surface area contributed by atoms with Crippen molar-refractivity contribution >= 4 is 11.6 Å². The molecule has 0 radical (unpaired) electrons. The predicted molar refractivity (Wildman–Crippen MR) is 107 cm³/mol. The van der Waals surface area contributed by atoms with Crippen molar-refractivity contribution < 1.29 is 4.74 Å². The number of nitrogens with one attached hydrogen (secondary N) is 1. The molecule has 2 aromatic rings. The standard InChI is InChI=1S/C22H27ClN2O/c23-18-6-8-20(9-7-18)26-15-14-25-12-10-19(11-13-25)24-22-16-21(22)17-4-2-1-3-5-17/h1-9,19,21-22,24H,10-16H2/t21-,22+/m0/s1. The molecule has 2 fully saturated rings. The van der Waals surface area contributed by atoms with Crippen LogP contribution in [-0.4, -0.2) is 43.2 Å². The van der Waals surface area contributed by atoms with Gasteiger partial charge in [-0.05, 0) is 62.2 Å². The van der Waals surface area contributed by atoms with Crippen molar-refractivity contribution in [2.24, 2.45) is 0 Å². The molecule has 2 atom stereocenters. The summed E-state index contributed by atoms with van der Waals surface area (Å²) in [5.41, 5.74) is 1.49. The lowest BCUT2D eigenvalue weighted by Gasteiger charge is -2.32. The Labute approximate surface area is 161 Å². The fourth-order valence-corrected chi connectivity index (χ4v) is 4.02. The smallest absolute Gasteiger partial charge is 0.119 e. The molecule has 0 spiro atoms. The number of nitrogens with zero attached hydrogens (tertiary/aromatic N) is 1. The molecular weight excluding hydrogens is 344 g/mol. The Morgan fingerprint density at radius 2 is 1.73 bits per heavy atom. The van der Waals surface area contributed by atoms with Crippen molar-refractivity contribution in [1.82, 2.24) is 10.2 Å². The Bertz CT molecular complexity index is 683. The highest BCUT2D eigenvalue weighted by molar-refractivity contribution is 6.30. The molecule has 26 heavy (non-hydrogen) atoms. The number of halogens is 1. The molecular formula is C22H27ClN2O. The molecule has 3 nitrogen and oxygen atoms in total. The van der Waals surface area contributed by atoms with Crippen LogP contribution in [0.2, 0.25) is 5.02 Å². The van der Waals surface area contributed by atoms with Crippen molar-refractivity contribution in [2.75, 3.05) is 26.2 Å². The van der Waals surface area contributed by atoms with E-state index in [9.17, 15) is 0 Å². The van der Waals surface area contributed by atoms with Gasteiger partial charge in [0.15, 0.2) is 0 Å². The molecule has 4 rings (SSSR count). The van der Waals surface area contributed by atoms with E-state index in [1.165, 1.54) is 24.8 Å². The zero-order valence-corrected chi connectivity index (χ0v) is 15.9. The van der Waals surface area contributed by atoms with E-state index in [0.717, 1.165) is 42.9 Å². The Balaban J connectivity index is 1.13. The third-order valence-electron chi connectivity index (χ3n) is 5.55. The lowest BCUT2D eigenvalue weighted by Crippen LogP contribution is -2.44. The van der Waals surface area contributed by atoms with Crippen LogP contribution in [0.15, 0.2) is 54.6 Å². The highest BCUT2D eigenvalue weighted by Crippen LogP contribution is 2.41. The number of piperidine rings is 1. The molecule has 0 aromatic heterocycles. The average molecular weight is 371 g/mol. The molecule has 0 unspecified atom stereocenters. The molecule has 1 N–H and O–H groups in total. The minimum absolute atomic E-state index is 0.669. The van der Waals surface area contributed by atoms with Crippen LogP contribution in [0.4, 0.5) is 0 Å². The molecule has 0 amide bonds. The Kier molecular flexibility index (Phi) is 5.78. The zero-order chi connectivity index (χ0) is 17.8. The quantitative estimate of drug-likeness (QED) is 0.785. The Morgan fingerprint density at radius 3 is 2.46 bits per heavy atom. The molecule has 1 saturated heterocycles. The highest BCUT2D eigenvalue weighted by Gasteiger charge is 2.39. The number of ether oxygens (including phenoxy) is 1. The third-order valence-corrected chi connectivity index (χ3v) is 5.80. The number of benzene rings is 2. The summed E-state index contributed by atoms with van der Waals surface area (Å²) >= 11 is 5.90. The Morgan fingerprint density at radius 1 is 1.00 bits per heavy atom. The highest BCUT2D eigenvalue weighted by atomic mass is 35.5. The summed E-state index contributed by atoms with van der Waals surface area (Å²) in [6.07, 6.45) is 3.76. The maximum atomic E-state index is 5.90. The van der Waals surface area contributed by atoms with Gasteiger partial charge in [-0.25, -0.2) is 0 Å². The van der Waals surface area contributed by atoms with Gasteiger partial charge in [0.1, 0.15) is 12.4 Å². The monoisotopic (exact) mass is 370 g/mol. The van der Waals surface area contributed by atoms with Crippen LogP contribution < -0.4 is 10.1 Å². The first-order valence-corrected chi connectivity index (χ1v) is 10.1. The predicted octanol–water partition coefficient (Wildman–Crippen LogP) is 4.33.